The predicted octanol–water partition coefficient (Wildman–Crippen LogP) is 4.41. The maximum atomic E-state index is 12.3. The normalized spacial score (nSPS) is 11.2. The van der Waals surface area contributed by atoms with Crippen molar-refractivity contribution in [3.63, 3.8) is 0 Å². The summed E-state index contributed by atoms with van der Waals surface area (Å²) in [6.07, 6.45) is 2.95. The SMILES string of the molecule is CCCC/C(=N\NC(=O)c1ccc(OCC)cc1)c1ccccc1. The van der Waals surface area contributed by atoms with Crippen molar-refractivity contribution in [1.82, 2.24) is 5.43 Å². The highest BCUT2D eigenvalue weighted by Crippen LogP contribution is 2.12. The first kappa shape index (κ1) is 17.7. The summed E-state index contributed by atoms with van der Waals surface area (Å²) in [5, 5.41) is 4.35. The lowest BCUT2D eigenvalue weighted by Crippen LogP contribution is -2.20. The lowest BCUT2D eigenvalue weighted by atomic mass is 10.1. The molecule has 0 bridgehead atoms. The third kappa shape index (κ3) is 5.23. The number of nitrogens with zero attached hydrogens (tertiary/aromatic N) is 1. The van der Waals surface area contributed by atoms with Crippen LogP contribution in [0.3, 0.4) is 0 Å². The molecule has 2 rings (SSSR count). The van der Waals surface area contributed by atoms with Gasteiger partial charge in [0.1, 0.15) is 5.75 Å². The second-order valence-electron chi connectivity index (χ2n) is 5.43. The minimum atomic E-state index is -0.219. The third-order valence-electron chi connectivity index (χ3n) is 3.59. The molecular formula is C20H24N2O2. The van der Waals surface area contributed by atoms with Gasteiger partial charge in [0, 0.05) is 5.56 Å². The third-order valence-corrected chi connectivity index (χ3v) is 3.59. The second kappa shape index (κ2) is 9.50. The highest BCUT2D eigenvalue weighted by molar-refractivity contribution is 6.02. The van der Waals surface area contributed by atoms with Gasteiger partial charge in [-0.05, 0) is 49.6 Å². The molecule has 4 nitrogen and oxygen atoms in total. The van der Waals surface area contributed by atoms with Crippen LogP contribution in [0.4, 0.5) is 0 Å². The number of hydrazone groups is 1. The highest BCUT2D eigenvalue weighted by Gasteiger charge is 2.07. The molecule has 0 heterocycles. The number of hydrogen-bond donors (Lipinski definition) is 1. The summed E-state index contributed by atoms with van der Waals surface area (Å²) in [4.78, 5) is 12.3. The lowest BCUT2D eigenvalue weighted by Gasteiger charge is -2.08. The number of hydrogen-bond acceptors (Lipinski definition) is 3. The number of carbonyl (C=O) groups excluding carboxylic acids is 1. The maximum absolute atomic E-state index is 12.3. The molecule has 2 aromatic carbocycles. The minimum Gasteiger partial charge on any atom is -0.494 e. The van der Waals surface area contributed by atoms with Crippen molar-refractivity contribution in [3.05, 3.63) is 65.7 Å². The van der Waals surface area contributed by atoms with E-state index in [2.05, 4.69) is 17.5 Å². The fraction of sp³-hybridized carbons (Fsp3) is 0.300. The van der Waals surface area contributed by atoms with Gasteiger partial charge in [0.05, 0.1) is 12.3 Å². The van der Waals surface area contributed by atoms with E-state index < -0.39 is 0 Å². The molecular weight excluding hydrogens is 300 g/mol. The van der Waals surface area contributed by atoms with Gasteiger partial charge in [0.2, 0.25) is 0 Å². The zero-order valence-corrected chi connectivity index (χ0v) is 14.3. The number of rotatable bonds is 8. The number of ether oxygens (including phenoxy) is 1. The van der Waals surface area contributed by atoms with Crippen LogP contribution in [0.2, 0.25) is 0 Å². The first-order valence-corrected chi connectivity index (χ1v) is 8.39. The van der Waals surface area contributed by atoms with Gasteiger partial charge >= 0.3 is 0 Å². The lowest BCUT2D eigenvalue weighted by molar-refractivity contribution is 0.0954. The molecule has 1 N–H and O–H groups in total. The summed E-state index contributed by atoms with van der Waals surface area (Å²) in [7, 11) is 0. The van der Waals surface area contributed by atoms with Crippen LogP contribution in [0.15, 0.2) is 59.7 Å². The fourth-order valence-corrected chi connectivity index (χ4v) is 2.29. The molecule has 0 saturated heterocycles. The summed E-state index contributed by atoms with van der Waals surface area (Å²) in [6, 6.07) is 17.0. The monoisotopic (exact) mass is 324 g/mol. The van der Waals surface area contributed by atoms with Crippen molar-refractivity contribution in [1.29, 1.82) is 0 Å². The van der Waals surface area contributed by atoms with Gasteiger partial charge in [0.15, 0.2) is 0 Å². The van der Waals surface area contributed by atoms with Crippen LogP contribution < -0.4 is 10.2 Å². The Morgan fingerprint density at radius 2 is 1.71 bits per heavy atom. The average Bonchev–Trinajstić information content (AvgIpc) is 2.63. The summed E-state index contributed by atoms with van der Waals surface area (Å²) in [5.41, 5.74) is 5.17. The van der Waals surface area contributed by atoms with Gasteiger partial charge in [-0.1, -0.05) is 43.7 Å². The van der Waals surface area contributed by atoms with Crippen LogP contribution in [0, 0.1) is 0 Å². The van der Waals surface area contributed by atoms with Crippen LogP contribution in [-0.2, 0) is 0 Å². The Morgan fingerprint density at radius 1 is 1.00 bits per heavy atom. The van der Waals surface area contributed by atoms with Crippen molar-refractivity contribution >= 4 is 11.6 Å². The molecule has 0 unspecified atom stereocenters. The van der Waals surface area contributed by atoms with Crippen molar-refractivity contribution in [3.8, 4) is 5.75 Å². The predicted molar refractivity (Wildman–Crippen MR) is 97.6 cm³/mol. The summed E-state index contributed by atoms with van der Waals surface area (Å²) in [6.45, 7) is 4.67. The van der Waals surface area contributed by atoms with Crippen LogP contribution in [0.25, 0.3) is 0 Å². The van der Waals surface area contributed by atoms with Crippen LogP contribution in [-0.4, -0.2) is 18.2 Å². The Balaban J connectivity index is 2.08. The van der Waals surface area contributed by atoms with E-state index in [4.69, 9.17) is 4.74 Å². The summed E-state index contributed by atoms with van der Waals surface area (Å²) in [5.74, 6) is 0.536. The molecule has 2 aromatic rings. The molecule has 0 aliphatic carbocycles. The molecule has 0 aliphatic heterocycles. The Labute approximate surface area is 143 Å². The zero-order chi connectivity index (χ0) is 17.2. The molecule has 24 heavy (non-hydrogen) atoms. The first-order valence-electron chi connectivity index (χ1n) is 8.39. The van der Waals surface area contributed by atoms with Crippen LogP contribution in [0.1, 0.15) is 49.0 Å². The number of unbranched alkanes of at least 4 members (excludes halogenated alkanes) is 1. The molecule has 0 aromatic heterocycles. The second-order valence-corrected chi connectivity index (χ2v) is 5.43. The summed E-state index contributed by atoms with van der Waals surface area (Å²) < 4.78 is 5.38. The van der Waals surface area contributed by atoms with Gasteiger partial charge in [-0.15, -0.1) is 0 Å². The maximum Gasteiger partial charge on any atom is 0.271 e. The topological polar surface area (TPSA) is 50.7 Å². The van der Waals surface area contributed by atoms with E-state index in [1.807, 2.05) is 37.3 Å². The van der Waals surface area contributed by atoms with E-state index in [0.717, 1.165) is 36.3 Å². The minimum absolute atomic E-state index is 0.219. The average molecular weight is 324 g/mol. The van der Waals surface area contributed by atoms with Gasteiger partial charge in [-0.2, -0.15) is 5.10 Å². The standard InChI is InChI=1S/C20H24N2O2/c1-3-5-11-19(16-9-7-6-8-10-16)21-22-20(23)17-12-14-18(15-13-17)24-4-2/h6-10,12-15H,3-5,11H2,1-2H3,(H,22,23)/b21-19+. The molecule has 1 amide bonds. The number of carbonyl (C=O) groups is 1. The van der Waals surface area contributed by atoms with E-state index >= 15 is 0 Å². The van der Waals surface area contributed by atoms with Crippen molar-refractivity contribution in [2.45, 2.75) is 33.1 Å². The Hall–Kier alpha value is -2.62. The smallest absolute Gasteiger partial charge is 0.271 e. The largest absolute Gasteiger partial charge is 0.494 e. The Bertz CT molecular complexity index is 664. The van der Waals surface area contributed by atoms with E-state index in [0.29, 0.717) is 12.2 Å². The van der Waals surface area contributed by atoms with E-state index in [1.165, 1.54) is 0 Å². The van der Waals surface area contributed by atoms with Crippen molar-refractivity contribution in [2.24, 2.45) is 5.10 Å². The first-order chi connectivity index (χ1) is 11.7. The Kier molecular flexibility index (Phi) is 7.02. The van der Waals surface area contributed by atoms with Crippen molar-refractivity contribution < 1.29 is 9.53 Å². The van der Waals surface area contributed by atoms with Gasteiger partial charge in [-0.25, -0.2) is 5.43 Å². The van der Waals surface area contributed by atoms with E-state index in [9.17, 15) is 4.79 Å². The molecule has 0 fully saturated rings. The summed E-state index contributed by atoms with van der Waals surface area (Å²) >= 11 is 0. The van der Waals surface area contributed by atoms with E-state index in [1.54, 1.807) is 24.3 Å². The molecule has 0 spiro atoms. The highest BCUT2D eigenvalue weighted by atomic mass is 16.5. The van der Waals surface area contributed by atoms with Crippen LogP contribution >= 0.6 is 0 Å². The van der Waals surface area contributed by atoms with E-state index in [-0.39, 0.29) is 5.91 Å². The van der Waals surface area contributed by atoms with Crippen molar-refractivity contribution in [2.75, 3.05) is 6.61 Å². The fourth-order valence-electron chi connectivity index (χ4n) is 2.29. The molecule has 0 atom stereocenters. The van der Waals surface area contributed by atoms with Crippen LogP contribution in [0.5, 0.6) is 5.75 Å². The van der Waals surface area contributed by atoms with Gasteiger partial charge in [0.25, 0.3) is 5.91 Å². The molecule has 0 aliphatic rings. The molecule has 126 valence electrons. The number of nitrogens with one attached hydrogen (secondary N) is 1. The molecule has 4 heteroatoms. The molecule has 0 radical (unpaired) electrons. The quantitative estimate of drug-likeness (QED) is 0.577. The molecule has 0 saturated carbocycles. The Morgan fingerprint density at radius 3 is 2.33 bits per heavy atom. The van der Waals surface area contributed by atoms with Gasteiger partial charge in [-0.3, -0.25) is 4.79 Å². The number of amides is 1. The number of benzene rings is 2. The van der Waals surface area contributed by atoms with Gasteiger partial charge < -0.3 is 4.74 Å². The zero-order valence-electron chi connectivity index (χ0n) is 14.3.